The largest absolute Gasteiger partial charge is 0.192 e. The quantitative estimate of drug-likeness (QED) is 0.413. The van der Waals surface area contributed by atoms with Crippen molar-refractivity contribution in [1.29, 1.82) is 10.5 Å². The van der Waals surface area contributed by atoms with Gasteiger partial charge in [0.2, 0.25) is 0 Å². The summed E-state index contributed by atoms with van der Waals surface area (Å²) in [5.74, 6) is 1.07. The molecule has 0 radical (unpaired) electrons. The van der Waals surface area contributed by atoms with Crippen molar-refractivity contribution in [2.45, 2.75) is 19.3 Å². The van der Waals surface area contributed by atoms with Crippen LogP contribution in [-0.2, 0) is 0 Å². The smallest absolute Gasteiger partial charge is 0.129 e. The second kappa shape index (κ2) is 3.07. The molecule has 1 saturated carbocycles. The van der Waals surface area contributed by atoms with Crippen LogP contribution in [0.25, 0.3) is 0 Å². The minimum Gasteiger partial charge on any atom is -0.192 e. The normalized spacial score (nSPS) is 29.5. The molecule has 2 aliphatic carbocycles. The molecule has 0 aromatic heterocycles. The lowest BCUT2D eigenvalue weighted by molar-refractivity contribution is 0.519. The Morgan fingerprint density at radius 2 is 2.15 bits per heavy atom. The van der Waals surface area contributed by atoms with Gasteiger partial charge in [-0.05, 0) is 30.8 Å². The van der Waals surface area contributed by atoms with Gasteiger partial charge in [-0.2, -0.15) is 10.5 Å². The Balaban J connectivity index is 2.38. The van der Waals surface area contributed by atoms with Crippen molar-refractivity contribution in [2.24, 2.45) is 11.8 Å². The van der Waals surface area contributed by atoms with Crippen LogP contribution in [0.4, 0.5) is 0 Å². The summed E-state index contributed by atoms with van der Waals surface area (Å²) in [6.45, 7) is 0. The Hall–Kier alpha value is -1.54. The Kier molecular flexibility index (Phi) is 1.91. The molecular weight excluding hydrogens is 160 g/mol. The van der Waals surface area contributed by atoms with E-state index in [1.807, 2.05) is 12.1 Å². The van der Waals surface area contributed by atoms with Gasteiger partial charge in [0.1, 0.15) is 17.7 Å². The van der Waals surface area contributed by atoms with E-state index >= 15 is 0 Å². The highest BCUT2D eigenvalue weighted by Gasteiger charge is 2.33. The van der Waals surface area contributed by atoms with E-state index < -0.39 is 0 Å². The van der Waals surface area contributed by atoms with E-state index in [0.29, 0.717) is 17.4 Å². The summed E-state index contributed by atoms with van der Waals surface area (Å²) in [6, 6.07) is 3.98. The SMILES string of the molecule is N#CC(C#N)=C1CCC2CC=CC12. The van der Waals surface area contributed by atoms with E-state index in [0.717, 1.165) is 24.8 Å². The number of hydrogen-bond donors (Lipinski definition) is 0. The maximum Gasteiger partial charge on any atom is 0.129 e. The minimum absolute atomic E-state index is 0.346. The third-order valence-corrected chi connectivity index (χ3v) is 3.02. The van der Waals surface area contributed by atoms with Crippen molar-refractivity contribution >= 4 is 0 Å². The van der Waals surface area contributed by atoms with Crippen LogP contribution < -0.4 is 0 Å². The molecule has 0 N–H and O–H groups in total. The van der Waals surface area contributed by atoms with Gasteiger partial charge >= 0.3 is 0 Å². The molecule has 0 spiro atoms. The first-order valence-electron chi connectivity index (χ1n) is 4.56. The summed E-state index contributed by atoms with van der Waals surface area (Å²) < 4.78 is 0. The molecule has 0 amide bonds. The fourth-order valence-corrected chi connectivity index (χ4v) is 2.37. The fraction of sp³-hybridized carbons (Fsp3) is 0.455. The van der Waals surface area contributed by atoms with Crippen LogP contribution in [0, 0.1) is 34.5 Å². The van der Waals surface area contributed by atoms with Crippen molar-refractivity contribution in [3.05, 3.63) is 23.3 Å². The number of hydrogen-bond acceptors (Lipinski definition) is 2. The highest BCUT2D eigenvalue weighted by atomic mass is 14.4. The van der Waals surface area contributed by atoms with E-state index in [4.69, 9.17) is 10.5 Å². The molecule has 0 aliphatic heterocycles. The Labute approximate surface area is 77.8 Å². The standard InChI is InChI=1S/C11H10N2/c12-6-9(7-13)11-5-4-8-2-1-3-10(8)11/h1,3,8,10H,2,4-5H2. The highest BCUT2D eigenvalue weighted by molar-refractivity contribution is 5.44. The molecule has 2 atom stereocenters. The molecule has 2 aliphatic rings. The summed E-state index contributed by atoms with van der Waals surface area (Å²) in [7, 11) is 0. The molecule has 64 valence electrons. The molecule has 2 heteroatoms. The predicted molar refractivity (Wildman–Crippen MR) is 48.2 cm³/mol. The van der Waals surface area contributed by atoms with Gasteiger partial charge in [0.25, 0.3) is 0 Å². The van der Waals surface area contributed by atoms with E-state index in [1.54, 1.807) is 0 Å². The monoisotopic (exact) mass is 170 g/mol. The zero-order valence-electron chi connectivity index (χ0n) is 7.33. The Bertz CT molecular complexity index is 347. The third-order valence-electron chi connectivity index (χ3n) is 3.02. The van der Waals surface area contributed by atoms with Crippen LogP contribution in [0.3, 0.4) is 0 Å². The van der Waals surface area contributed by atoms with E-state index in [1.165, 1.54) is 0 Å². The first-order valence-corrected chi connectivity index (χ1v) is 4.56. The molecule has 2 rings (SSSR count). The van der Waals surface area contributed by atoms with Gasteiger partial charge in [0, 0.05) is 5.92 Å². The minimum atomic E-state index is 0.346. The maximum atomic E-state index is 8.75. The molecule has 0 aromatic carbocycles. The van der Waals surface area contributed by atoms with E-state index in [9.17, 15) is 0 Å². The third kappa shape index (κ3) is 1.15. The van der Waals surface area contributed by atoms with Crippen molar-refractivity contribution in [1.82, 2.24) is 0 Å². The van der Waals surface area contributed by atoms with Crippen molar-refractivity contribution in [3.8, 4) is 12.1 Å². The number of nitriles is 2. The Morgan fingerprint density at radius 3 is 2.85 bits per heavy atom. The van der Waals surface area contributed by atoms with Crippen LogP contribution in [0.5, 0.6) is 0 Å². The zero-order chi connectivity index (χ0) is 9.26. The lowest BCUT2D eigenvalue weighted by Gasteiger charge is -2.08. The molecule has 0 bridgehead atoms. The lowest BCUT2D eigenvalue weighted by Crippen LogP contribution is -2.01. The molecule has 0 saturated heterocycles. The average Bonchev–Trinajstić information content (AvgIpc) is 2.70. The number of nitrogens with zero attached hydrogens (tertiary/aromatic N) is 2. The first kappa shape index (κ1) is 8.08. The predicted octanol–water partition coefficient (Wildman–Crippen LogP) is 2.32. The van der Waals surface area contributed by atoms with Gasteiger partial charge in [-0.1, -0.05) is 12.2 Å². The van der Waals surface area contributed by atoms with Gasteiger partial charge in [-0.3, -0.25) is 0 Å². The molecule has 2 unspecified atom stereocenters. The maximum absolute atomic E-state index is 8.75. The second-order valence-electron chi connectivity index (χ2n) is 3.61. The summed E-state index contributed by atoms with van der Waals surface area (Å²) in [4.78, 5) is 0. The van der Waals surface area contributed by atoms with Gasteiger partial charge in [-0.15, -0.1) is 0 Å². The molecule has 0 heterocycles. The molecule has 13 heavy (non-hydrogen) atoms. The van der Waals surface area contributed by atoms with E-state index in [-0.39, 0.29) is 0 Å². The van der Waals surface area contributed by atoms with Crippen LogP contribution in [0.15, 0.2) is 23.3 Å². The van der Waals surface area contributed by atoms with Gasteiger partial charge in [-0.25, -0.2) is 0 Å². The summed E-state index contributed by atoms with van der Waals surface area (Å²) in [5, 5.41) is 17.5. The van der Waals surface area contributed by atoms with Crippen LogP contribution in [-0.4, -0.2) is 0 Å². The molecular formula is C11H10N2. The molecule has 1 fully saturated rings. The second-order valence-corrected chi connectivity index (χ2v) is 3.61. The van der Waals surface area contributed by atoms with Crippen LogP contribution in [0.1, 0.15) is 19.3 Å². The summed E-state index contributed by atoms with van der Waals surface area (Å²) in [6.07, 6.45) is 7.52. The highest BCUT2D eigenvalue weighted by Crippen LogP contribution is 2.44. The molecule has 2 nitrogen and oxygen atoms in total. The number of allylic oxidation sites excluding steroid dienone is 4. The van der Waals surface area contributed by atoms with Gasteiger partial charge in [0.05, 0.1) is 0 Å². The lowest BCUT2D eigenvalue weighted by atomic mass is 9.94. The zero-order valence-corrected chi connectivity index (χ0v) is 7.33. The first-order chi connectivity index (χ1) is 6.36. The topological polar surface area (TPSA) is 47.6 Å². The number of fused-ring (bicyclic) bond motifs is 1. The van der Waals surface area contributed by atoms with Crippen molar-refractivity contribution in [2.75, 3.05) is 0 Å². The van der Waals surface area contributed by atoms with Gasteiger partial charge in [0.15, 0.2) is 0 Å². The van der Waals surface area contributed by atoms with E-state index in [2.05, 4.69) is 12.2 Å². The van der Waals surface area contributed by atoms with Gasteiger partial charge < -0.3 is 0 Å². The summed E-state index contributed by atoms with van der Waals surface area (Å²) in [5.41, 5.74) is 1.42. The fourth-order valence-electron chi connectivity index (χ4n) is 2.37. The van der Waals surface area contributed by atoms with Crippen LogP contribution in [0.2, 0.25) is 0 Å². The molecule has 0 aromatic rings. The van der Waals surface area contributed by atoms with Crippen LogP contribution >= 0.6 is 0 Å². The van der Waals surface area contributed by atoms with Crippen molar-refractivity contribution < 1.29 is 0 Å². The Morgan fingerprint density at radius 1 is 1.38 bits per heavy atom. The average molecular weight is 170 g/mol. The van der Waals surface area contributed by atoms with Crippen molar-refractivity contribution in [3.63, 3.8) is 0 Å². The summed E-state index contributed by atoms with van der Waals surface area (Å²) >= 11 is 0. The number of rotatable bonds is 0.